The number of ether oxygens (including phenoxy) is 1. The van der Waals surface area contributed by atoms with Gasteiger partial charge >= 0.3 is 0 Å². The molecule has 0 aliphatic carbocycles. The molecule has 3 saturated heterocycles. The largest absolute Gasteiger partial charge is 0.374 e. The second kappa shape index (κ2) is 6.63. The number of carbonyl (C=O) groups is 1. The van der Waals surface area contributed by atoms with Crippen molar-refractivity contribution in [2.75, 3.05) is 39.3 Å². The maximum Gasteiger partial charge on any atom is 0.222 e. The number of nitrogens with one attached hydrogen (secondary N) is 1. The summed E-state index contributed by atoms with van der Waals surface area (Å²) in [5.74, 6) is 0.977. The Bertz CT molecular complexity index is 375. The molecule has 21 heavy (non-hydrogen) atoms. The van der Waals surface area contributed by atoms with Gasteiger partial charge in [0.2, 0.25) is 5.91 Å². The number of rotatable bonds is 3. The molecular formula is C16H29N3O2. The molecule has 120 valence electrons. The summed E-state index contributed by atoms with van der Waals surface area (Å²) in [6.07, 6.45) is 3.04. The molecule has 5 heteroatoms. The van der Waals surface area contributed by atoms with Crippen molar-refractivity contribution >= 4 is 5.91 Å². The van der Waals surface area contributed by atoms with Crippen LogP contribution in [-0.4, -0.2) is 73.2 Å². The summed E-state index contributed by atoms with van der Waals surface area (Å²) >= 11 is 0. The molecule has 3 heterocycles. The average molecular weight is 295 g/mol. The topological polar surface area (TPSA) is 44.8 Å². The van der Waals surface area contributed by atoms with Crippen molar-refractivity contribution in [2.24, 2.45) is 5.92 Å². The fourth-order valence-electron chi connectivity index (χ4n) is 4.03. The third-order valence-corrected chi connectivity index (χ3v) is 5.32. The Morgan fingerprint density at radius 3 is 3.05 bits per heavy atom. The first kappa shape index (κ1) is 15.3. The Balaban J connectivity index is 1.63. The second-order valence-electron chi connectivity index (χ2n) is 6.99. The number of hydrogen-bond donors (Lipinski definition) is 1. The molecule has 3 atom stereocenters. The molecule has 0 aromatic heterocycles. The number of hydrogen-bond acceptors (Lipinski definition) is 4. The first-order chi connectivity index (χ1) is 10.1. The lowest BCUT2D eigenvalue weighted by atomic mass is 9.84. The smallest absolute Gasteiger partial charge is 0.222 e. The van der Waals surface area contributed by atoms with E-state index >= 15 is 0 Å². The van der Waals surface area contributed by atoms with E-state index in [-0.39, 0.29) is 6.10 Å². The van der Waals surface area contributed by atoms with Gasteiger partial charge in [0.05, 0.1) is 12.7 Å². The lowest BCUT2D eigenvalue weighted by Crippen LogP contribution is -2.58. The number of piperidine rings is 2. The molecule has 0 bridgehead atoms. The maximum atomic E-state index is 12.4. The van der Waals surface area contributed by atoms with Crippen LogP contribution in [0, 0.1) is 5.92 Å². The first-order valence-electron chi connectivity index (χ1n) is 8.51. The maximum absolute atomic E-state index is 12.4. The summed E-state index contributed by atoms with van der Waals surface area (Å²) in [7, 11) is 0. The summed E-state index contributed by atoms with van der Waals surface area (Å²) < 4.78 is 5.94. The number of amides is 1. The lowest BCUT2D eigenvalue weighted by Gasteiger charge is -2.46. The van der Waals surface area contributed by atoms with Gasteiger partial charge in [0.25, 0.3) is 0 Å². The van der Waals surface area contributed by atoms with Crippen LogP contribution in [0.1, 0.15) is 33.1 Å². The second-order valence-corrected chi connectivity index (χ2v) is 6.99. The highest BCUT2D eigenvalue weighted by molar-refractivity contribution is 5.77. The Labute approximate surface area is 128 Å². The van der Waals surface area contributed by atoms with Crippen LogP contribution in [0.2, 0.25) is 0 Å². The molecule has 3 rings (SSSR count). The van der Waals surface area contributed by atoms with Gasteiger partial charge in [-0.15, -0.1) is 0 Å². The van der Waals surface area contributed by atoms with Gasteiger partial charge < -0.3 is 15.0 Å². The van der Waals surface area contributed by atoms with Crippen molar-refractivity contribution in [1.29, 1.82) is 0 Å². The molecule has 1 amide bonds. The Kier molecular flexibility index (Phi) is 4.82. The monoisotopic (exact) mass is 295 g/mol. The highest BCUT2D eigenvalue weighted by atomic mass is 16.5. The van der Waals surface area contributed by atoms with Crippen LogP contribution in [0.15, 0.2) is 0 Å². The van der Waals surface area contributed by atoms with Crippen molar-refractivity contribution < 1.29 is 9.53 Å². The minimum atomic E-state index is 0.179. The molecule has 3 aliphatic rings. The van der Waals surface area contributed by atoms with Crippen LogP contribution in [0.3, 0.4) is 0 Å². The Morgan fingerprint density at radius 1 is 1.38 bits per heavy atom. The number of morpholine rings is 1. The Morgan fingerprint density at radius 2 is 2.24 bits per heavy atom. The molecule has 5 nitrogen and oxygen atoms in total. The van der Waals surface area contributed by atoms with Gasteiger partial charge in [-0.1, -0.05) is 0 Å². The zero-order valence-corrected chi connectivity index (χ0v) is 13.4. The number of nitrogens with zero attached hydrogens (tertiary/aromatic N) is 2. The van der Waals surface area contributed by atoms with E-state index < -0.39 is 0 Å². The zero-order chi connectivity index (χ0) is 14.8. The standard InChI is InChI=1S/C16H29N3O2/c1-12(2)18-7-8-21-14(10-18)11-19-15-5-6-17-9-13(15)3-4-16(19)20/h12-15,17H,3-11H2,1-2H3. The number of fused-ring (bicyclic) bond motifs is 1. The van der Waals surface area contributed by atoms with Crippen molar-refractivity contribution in [1.82, 2.24) is 15.1 Å². The van der Waals surface area contributed by atoms with Crippen molar-refractivity contribution in [3.63, 3.8) is 0 Å². The molecule has 3 aliphatic heterocycles. The number of likely N-dealkylation sites (tertiary alicyclic amines) is 1. The molecule has 0 aromatic rings. The van der Waals surface area contributed by atoms with E-state index in [1.165, 1.54) is 0 Å². The highest BCUT2D eigenvalue weighted by Gasteiger charge is 2.38. The van der Waals surface area contributed by atoms with E-state index in [1.807, 2.05) is 0 Å². The minimum absolute atomic E-state index is 0.179. The van der Waals surface area contributed by atoms with E-state index in [0.29, 0.717) is 30.3 Å². The van der Waals surface area contributed by atoms with Gasteiger partial charge in [0.1, 0.15) is 0 Å². The molecule has 0 aromatic carbocycles. The average Bonchev–Trinajstić information content (AvgIpc) is 2.50. The van der Waals surface area contributed by atoms with E-state index in [1.54, 1.807) is 0 Å². The summed E-state index contributed by atoms with van der Waals surface area (Å²) in [5.41, 5.74) is 0. The lowest BCUT2D eigenvalue weighted by molar-refractivity contribution is -0.144. The minimum Gasteiger partial charge on any atom is -0.374 e. The Hall–Kier alpha value is -0.650. The SMILES string of the molecule is CC(C)N1CCOC(CN2C(=O)CCC3CNCCC32)C1. The van der Waals surface area contributed by atoms with Crippen LogP contribution < -0.4 is 5.32 Å². The van der Waals surface area contributed by atoms with E-state index in [2.05, 4.69) is 29.0 Å². The molecular weight excluding hydrogens is 266 g/mol. The predicted molar refractivity (Wildman–Crippen MR) is 82.2 cm³/mol. The van der Waals surface area contributed by atoms with Crippen LogP contribution in [0.5, 0.6) is 0 Å². The summed E-state index contributed by atoms with van der Waals surface area (Å²) in [6.45, 7) is 10.1. The van der Waals surface area contributed by atoms with Crippen molar-refractivity contribution in [2.45, 2.75) is 51.3 Å². The van der Waals surface area contributed by atoms with Gasteiger partial charge in [0, 0.05) is 38.1 Å². The normalized spacial score (nSPS) is 35.1. The fourth-order valence-corrected chi connectivity index (χ4v) is 4.03. The van der Waals surface area contributed by atoms with Crippen LogP contribution >= 0.6 is 0 Å². The van der Waals surface area contributed by atoms with Gasteiger partial charge in [-0.25, -0.2) is 0 Å². The molecule has 1 N–H and O–H groups in total. The van der Waals surface area contributed by atoms with Crippen LogP contribution in [0.4, 0.5) is 0 Å². The summed E-state index contributed by atoms with van der Waals surface area (Å²) in [6, 6.07) is 0.991. The first-order valence-corrected chi connectivity index (χ1v) is 8.51. The van der Waals surface area contributed by atoms with Gasteiger partial charge in [-0.3, -0.25) is 9.69 Å². The number of carbonyl (C=O) groups excluding carboxylic acids is 1. The third kappa shape index (κ3) is 3.41. The molecule has 0 spiro atoms. The third-order valence-electron chi connectivity index (χ3n) is 5.32. The van der Waals surface area contributed by atoms with Crippen LogP contribution in [0.25, 0.3) is 0 Å². The summed E-state index contributed by atoms with van der Waals surface area (Å²) in [4.78, 5) is 17.0. The van der Waals surface area contributed by atoms with Gasteiger partial charge in [0.15, 0.2) is 0 Å². The van der Waals surface area contributed by atoms with Crippen LogP contribution in [-0.2, 0) is 9.53 Å². The molecule has 3 fully saturated rings. The van der Waals surface area contributed by atoms with Gasteiger partial charge in [-0.05, 0) is 45.7 Å². The quantitative estimate of drug-likeness (QED) is 0.832. The summed E-state index contributed by atoms with van der Waals surface area (Å²) in [5, 5.41) is 3.47. The van der Waals surface area contributed by atoms with E-state index in [0.717, 1.165) is 52.2 Å². The molecule has 3 unspecified atom stereocenters. The van der Waals surface area contributed by atoms with E-state index in [9.17, 15) is 4.79 Å². The highest BCUT2D eigenvalue weighted by Crippen LogP contribution is 2.29. The van der Waals surface area contributed by atoms with Gasteiger partial charge in [-0.2, -0.15) is 0 Å². The molecule has 0 radical (unpaired) electrons. The molecule has 0 saturated carbocycles. The van der Waals surface area contributed by atoms with Crippen molar-refractivity contribution in [3.05, 3.63) is 0 Å². The fraction of sp³-hybridized carbons (Fsp3) is 0.938. The van der Waals surface area contributed by atoms with Crippen molar-refractivity contribution in [3.8, 4) is 0 Å². The van der Waals surface area contributed by atoms with E-state index in [4.69, 9.17) is 4.74 Å². The predicted octanol–water partition coefficient (Wildman–Crippen LogP) is 0.696. The zero-order valence-electron chi connectivity index (χ0n) is 13.4.